The highest BCUT2D eigenvalue weighted by molar-refractivity contribution is 5.53. The number of aliphatic hydroxyl groups is 1. The largest absolute Gasteiger partial charge is 0.392 e. The van der Waals surface area contributed by atoms with Crippen LogP contribution in [-0.2, 0) is 11.3 Å². The topological polar surface area (TPSA) is 45.6 Å². The maximum atomic E-state index is 9.31. The molecule has 0 aromatic carbocycles. The summed E-state index contributed by atoms with van der Waals surface area (Å²) in [7, 11) is 1.71. The van der Waals surface area contributed by atoms with Crippen LogP contribution in [0.2, 0.25) is 0 Å². The van der Waals surface area contributed by atoms with Gasteiger partial charge in [-0.1, -0.05) is 0 Å². The Balaban J connectivity index is 2.16. The lowest BCUT2D eigenvalue weighted by Crippen LogP contribution is -2.30. The molecule has 0 saturated heterocycles. The van der Waals surface area contributed by atoms with Crippen LogP contribution in [0.5, 0.6) is 0 Å². The molecule has 0 amide bonds. The van der Waals surface area contributed by atoms with Crippen LogP contribution in [0.25, 0.3) is 0 Å². The highest BCUT2D eigenvalue weighted by Crippen LogP contribution is 2.32. The molecule has 0 bridgehead atoms. The molecular weight excluding hydrogens is 204 g/mol. The molecular formula is C12H18N2O2. The van der Waals surface area contributed by atoms with E-state index in [1.165, 1.54) is 12.8 Å². The molecule has 0 unspecified atom stereocenters. The molecule has 0 spiro atoms. The minimum Gasteiger partial charge on any atom is -0.392 e. The van der Waals surface area contributed by atoms with E-state index in [2.05, 4.69) is 9.88 Å². The lowest BCUT2D eigenvalue weighted by molar-refractivity contribution is 0.204. The Morgan fingerprint density at radius 2 is 2.38 bits per heavy atom. The van der Waals surface area contributed by atoms with Crippen LogP contribution >= 0.6 is 0 Å². The molecule has 0 aliphatic heterocycles. The van der Waals surface area contributed by atoms with Crippen molar-refractivity contribution >= 4 is 5.69 Å². The van der Waals surface area contributed by atoms with Gasteiger partial charge in [-0.25, -0.2) is 0 Å². The first-order valence-corrected chi connectivity index (χ1v) is 5.66. The average molecular weight is 222 g/mol. The van der Waals surface area contributed by atoms with Crippen molar-refractivity contribution in [2.24, 2.45) is 0 Å². The van der Waals surface area contributed by atoms with Crippen molar-refractivity contribution in [2.75, 3.05) is 25.2 Å². The quantitative estimate of drug-likeness (QED) is 0.785. The van der Waals surface area contributed by atoms with E-state index in [0.29, 0.717) is 12.6 Å². The predicted octanol–water partition coefficient (Wildman–Crippen LogP) is 1.19. The van der Waals surface area contributed by atoms with Crippen molar-refractivity contribution in [3.05, 3.63) is 24.0 Å². The Labute approximate surface area is 95.9 Å². The molecule has 4 heteroatoms. The summed E-state index contributed by atoms with van der Waals surface area (Å²) in [6.45, 7) is 1.63. The van der Waals surface area contributed by atoms with E-state index in [-0.39, 0.29) is 6.61 Å². The molecule has 4 nitrogen and oxygen atoms in total. The maximum Gasteiger partial charge on any atom is 0.0703 e. The van der Waals surface area contributed by atoms with Crippen molar-refractivity contribution in [3.8, 4) is 0 Å². The maximum absolute atomic E-state index is 9.31. The lowest BCUT2D eigenvalue weighted by Gasteiger charge is -2.25. The number of pyridine rings is 1. The molecule has 1 aliphatic carbocycles. The molecule has 88 valence electrons. The summed E-state index contributed by atoms with van der Waals surface area (Å²) in [5.74, 6) is 0. The number of methoxy groups -OCH3 is 1. The number of rotatable bonds is 6. The molecule has 1 heterocycles. The summed E-state index contributed by atoms with van der Waals surface area (Å²) < 4.78 is 5.12. The van der Waals surface area contributed by atoms with Crippen molar-refractivity contribution in [2.45, 2.75) is 25.5 Å². The van der Waals surface area contributed by atoms with Gasteiger partial charge in [-0.2, -0.15) is 0 Å². The van der Waals surface area contributed by atoms with Crippen LogP contribution in [0.15, 0.2) is 18.5 Å². The van der Waals surface area contributed by atoms with Gasteiger partial charge in [-0.3, -0.25) is 4.98 Å². The summed E-state index contributed by atoms with van der Waals surface area (Å²) in [5.41, 5.74) is 1.99. The van der Waals surface area contributed by atoms with E-state index in [9.17, 15) is 5.11 Å². The van der Waals surface area contributed by atoms with Gasteiger partial charge in [0.25, 0.3) is 0 Å². The molecule has 0 radical (unpaired) electrons. The zero-order valence-corrected chi connectivity index (χ0v) is 9.59. The Kier molecular flexibility index (Phi) is 3.74. The monoisotopic (exact) mass is 222 g/mol. The first-order valence-electron chi connectivity index (χ1n) is 5.66. The molecule has 2 rings (SSSR count). The molecule has 1 fully saturated rings. The summed E-state index contributed by atoms with van der Waals surface area (Å²) in [6, 6.07) is 2.47. The van der Waals surface area contributed by atoms with Gasteiger partial charge < -0.3 is 14.7 Å². The molecule has 1 aromatic rings. The fraction of sp³-hybridized carbons (Fsp3) is 0.583. The third-order valence-electron chi connectivity index (χ3n) is 2.89. The normalized spacial score (nSPS) is 15.1. The number of nitrogens with zero attached hydrogens (tertiary/aromatic N) is 2. The van der Waals surface area contributed by atoms with Gasteiger partial charge in [-0.05, 0) is 18.9 Å². The van der Waals surface area contributed by atoms with Crippen molar-refractivity contribution < 1.29 is 9.84 Å². The van der Waals surface area contributed by atoms with Gasteiger partial charge in [0.05, 0.1) is 25.1 Å². The Hall–Kier alpha value is -1.13. The highest BCUT2D eigenvalue weighted by atomic mass is 16.5. The van der Waals surface area contributed by atoms with Gasteiger partial charge in [0, 0.05) is 31.5 Å². The van der Waals surface area contributed by atoms with E-state index >= 15 is 0 Å². The number of hydrogen-bond acceptors (Lipinski definition) is 4. The Morgan fingerprint density at radius 1 is 1.56 bits per heavy atom. The molecule has 1 N–H and O–H groups in total. The number of hydrogen-bond donors (Lipinski definition) is 1. The third kappa shape index (κ3) is 2.51. The number of ether oxygens (including phenoxy) is 1. The smallest absolute Gasteiger partial charge is 0.0703 e. The van der Waals surface area contributed by atoms with Crippen LogP contribution in [0.3, 0.4) is 0 Å². The standard InChI is InChI=1S/C12H18N2O2/c1-16-7-6-14(11-2-3-11)12-8-13-5-4-10(12)9-15/h4-5,8,11,15H,2-3,6-7,9H2,1H3. The van der Waals surface area contributed by atoms with Crippen molar-refractivity contribution in [3.63, 3.8) is 0 Å². The van der Waals surface area contributed by atoms with Gasteiger partial charge in [0.2, 0.25) is 0 Å². The van der Waals surface area contributed by atoms with Crippen molar-refractivity contribution in [1.29, 1.82) is 0 Å². The summed E-state index contributed by atoms with van der Waals surface area (Å²) in [6.07, 6.45) is 6.00. The van der Waals surface area contributed by atoms with Crippen LogP contribution < -0.4 is 4.90 Å². The van der Waals surface area contributed by atoms with Crippen LogP contribution in [0.4, 0.5) is 5.69 Å². The molecule has 1 saturated carbocycles. The minimum absolute atomic E-state index is 0.0635. The summed E-state index contributed by atoms with van der Waals surface area (Å²) in [4.78, 5) is 6.43. The van der Waals surface area contributed by atoms with Gasteiger partial charge in [-0.15, -0.1) is 0 Å². The SMILES string of the molecule is COCCN(c1cnccc1CO)C1CC1. The molecule has 16 heavy (non-hydrogen) atoms. The van der Waals surface area contributed by atoms with Crippen LogP contribution in [0.1, 0.15) is 18.4 Å². The van der Waals surface area contributed by atoms with Gasteiger partial charge in [0.15, 0.2) is 0 Å². The fourth-order valence-electron chi connectivity index (χ4n) is 1.88. The van der Waals surface area contributed by atoms with E-state index in [0.717, 1.165) is 17.8 Å². The Bertz CT molecular complexity index is 340. The second kappa shape index (κ2) is 5.27. The fourth-order valence-corrected chi connectivity index (χ4v) is 1.88. The predicted molar refractivity (Wildman–Crippen MR) is 62.4 cm³/mol. The number of anilines is 1. The first-order chi connectivity index (χ1) is 7.86. The van der Waals surface area contributed by atoms with Crippen LogP contribution in [-0.4, -0.2) is 36.4 Å². The average Bonchev–Trinajstić information content (AvgIpc) is 3.14. The second-order valence-corrected chi connectivity index (χ2v) is 4.08. The zero-order valence-electron chi connectivity index (χ0n) is 9.59. The molecule has 1 aliphatic rings. The second-order valence-electron chi connectivity index (χ2n) is 4.08. The minimum atomic E-state index is 0.0635. The number of aromatic nitrogens is 1. The third-order valence-corrected chi connectivity index (χ3v) is 2.89. The first kappa shape index (κ1) is 11.4. The lowest BCUT2D eigenvalue weighted by atomic mass is 10.2. The van der Waals surface area contributed by atoms with Gasteiger partial charge in [0.1, 0.15) is 0 Å². The highest BCUT2D eigenvalue weighted by Gasteiger charge is 2.30. The summed E-state index contributed by atoms with van der Waals surface area (Å²) in [5, 5.41) is 9.31. The van der Waals surface area contributed by atoms with Crippen LogP contribution in [0, 0.1) is 0 Å². The van der Waals surface area contributed by atoms with Crippen molar-refractivity contribution in [1.82, 2.24) is 4.98 Å². The zero-order chi connectivity index (χ0) is 11.4. The van der Waals surface area contributed by atoms with E-state index < -0.39 is 0 Å². The molecule has 1 aromatic heterocycles. The van der Waals surface area contributed by atoms with E-state index in [1.807, 2.05) is 12.3 Å². The van der Waals surface area contributed by atoms with E-state index in [1.54, 1.807) is 13.3 Å². The summed E-state index contributed by atoms with van der Waals surface area (Å²) >= 11 is 0. The van der Waals surface area contributed by atoms with Gasteiger partial charge >= 0.3 is 0 Å². The number of aliphatic hydroxyl groups excluding tert-OH is 1. The molecule has 0 atom stereocenters. The van der Waals surface area contributed by atoms with E-state index in [4.69, 9.17) is 4.74 Å². The Morgan fingerprint density at radius 3 is 3.00 bits per heavy atom.